The lowest BCUT2D eigenvalue weighted by Crippen LogP contribution is -2.42. The lowest BCUT2D eigenvalue weighted by Gasteiger charge is -2.29. The van der Waals surface area contributed by atoms with Crippen molar-refractivity contribution in [3.63, 3.8) is 0 Å². The van der Waals surface area contributed by atoms with Gasteiger partial charge in [-0.15, -0.1) is 0 Å². The van der Waals surface area contributed by atoms with Crippen molar-refractivity contribution >= 4 is 66.7 Å². The monoisotopic (exact) mass is 492 g/mol. The molecule has 4 amide bonds. The summed E-state index contributed by atoms with van der Waals surface area (Å²) in [5, 5.41) is 15.2. The van der Waals surface area contributed by atoms with Gasteiger partial charge in [-0.2, -0.15) is 0 Å². The van der Waals surface area contributed by atoms with Gasteiger partial charge in [-0.3, -0.25) is 29.0 Å². The number of hydrogen-bond acceptors (Lipinski definition) is 6. The average molecular weight is 492 g/mol. The number of ether oxygens (including phenoxy) is 1. The molecule has 0 bridgehead atoms. The van der Waals surface area contributed by atoms with E-state index in [9.17, 15) is 19.2 Å². The number of benzene rings is 5. The summed E-state index contributed by atoms with van der Waals surface area (Å²) in [6.07, 6.45) is 0. The van der Waals surface area contributed by atoms with Gasteiger partial charge in [0.1, 0.15) is 0 Å². The van der Waals surface area contributed by atoms with E-state index in [4.69, 9.17) is 9.84 Å². The van der Waals surface area contributed by atoms with Crippen LogP contribution < -0.4 is 0 Å². The predicted octanol–water partition coefficient (Wildman–Crippen LogP) is 3.57. The van der Waals surface area contributed by atoms with Crippen LogP contribution in [0.1, 0.15) is 41.4 Å². The third kappa shape index (κ3) is 2.68. The summed E-state index contributed by atoms with van der Waals surface area (Å²) in [5.74, 6) is -1.44. The largest absolute Gasteiger partial charge is 0.394 e. The van der Waals surface area contributed by atoms with Crippen LogP contribution in [0, 0.1) is 0 Å². The van der Waals surface area contributed by atoms with E-state index in [2.05, 4.69) is 0 Å². The number of aliphatic hydroxyl groups excluding tert-OH is 1. The quantitative estimate of drug-likeness (QED) is 0.174. The molecule has 182 valence electrons. The normalized spacial score (nSPS) is 15.4. The Bertz CT molecular complexity index is 1750. The first-order valence-corrected chi connectivity index (χ1v) is 12.0. The standard InChI is InChI=1S/C29H20N2O6/c1-30-26(33)18-6-2-14-16-4-8-20-25-21(29(36)31(28(20)35)10-12-37-13-11-32)9-5-17(23(16)25)15-3-7-19(27(30)34)24(18)22(14)15/h2-9,32H,10-13H2,1H3. The number of nitrogens with zero attached hydrogens (tertiary/aromatic N) is 2. The Morgan fingerprint density at radius 3 is 1.41 bits per heavy atom. The highest BCUT2D eigenvalue weighted by molar-refractivity contribution is 6.41. The molecule has 5 aromatic rings. The minimum atomic E-state index is -0.385. The maximum absolute atomic E-state index is 13.4. The smallest absolute Gasteiger partial charge is 0.261 e. The van der Waals surface area contributed by atoms with E-state index >= 15 is 0 Å². The number of carbonyl (C=O) groups is 4. The van der Waals surface area contributed by atoms with Crippen molar-refractivity contribution in [2.24, 2.45) is 0 Å². The Balaban J connectivity index is 1.53. The Kier molecular flexibility index (Phi) is 4.46. The second kappa shape index (κ2) is 7.55. The van der Waals surface area contributed by atoms with Crippen molar-refractivity contribution in [2.75, 3.05) is 33.4 Å². The van der Waals surface area contributed by atoms with Gasteiger partial charge in [0.15, 0.2) is 0 Å². The van der Waals surface area contributed by atoms with Gasteiger partial charge in [-0.05, 0) is 56.6 Å². The third-order valence-electron chi connectivity index (χ3n) is 7.62. The molecule has 0 saturated heterocycles. The molecule has 0 fully saturated rings. The van der Waals surface area contributed by atoms with Crippen molar-refractivity contribution in [1.82, 2.24) is 9.80 Å². The highest BCUT2D eigenvalue weighted by atomic mass is 16.5. The van der Waals surface area contributed by atoms with Gasteiger partial charge in [-0.25, -0.2) is 0 Å². The SMILES string of the molecule is CN1C(=O)c2ccc3c4ccc5c6c(ccc(c7ccc(c2c37)C1=O)c64)C(=O)N(CCOCCO)C5=O. The van der Waals surface area contributed by atoms with E-state index < -0.39 is 0 Å². The fourth-order valence-electron chi connectivity index (χ4n) is 5.96. The van der Waals surface area contributed by atoms with Crippen LogP contribution in [0.5, 0.6) is 0 Å². The first kappa shape index (κ1) is 21.8. The highest BCUT2D eigenvalue weighted by Crippen LogP contribution is 2.46. The molecule has 2 aliphatic heterocycles. The lowest BCUT2D eigenvalue weighted by molar-refractivity contribution is 0.0477. The number of aliphatic hydroxyl groups is 1. The molecule has 2 aliphatic rings. The summed E-state index contributed by atoms with van der Waals surface area (Å²) in [4.78, 5) is 55.0. The molecule has 2 heterocycles. The number of fused-ring (bicyclic) bond motifs is 2. The van der Waals surface area contributed by atoms with Crippen LogP contribution in [0.2, 0.25) is 0 Å². The summed E-state index contributed by atoms with van der Waals surface area (Å²) in [6, 6.07) is 14.5. The Morgan fingerprint density at radius 2 is 1.00 bits per heavy atom. The number of carbonyl (C=O) groups excluding carboxylic acids is 4. The van der Waals surface area contributed by atoms with Crippen molar-refractivity contribution in [2.45, 2.75) is 0 Å². The molecule has 0 radical (unpaired) electrons. The van der Waals surface area contributed by atoms with Crippen LogP contribution in [0.3, 0.4) is 0 Å². The Hall–Kier alpha value is -4.40. The summed E-state index contributed by atoms with van der Waals surface area (Å²) < 4.78 is 5.29. The zero-order valence-corrected chi connectivity index (χ0v) is 19.8. The van der Waals surface area contributed by atoms with E-state index in [0.717, 1.165) is 37.2 Å². The molecule has 1 N–H and O–H groups in total. The summed E-state index contributed by atoms with van der Waals surface area (Å²) in [5.41, 5.74) is 1.85. The van der Waals surface area contributed by atoms with Crippen LogP contribution in [-0.4, -0.2) is 71.9 Å². The summed E-state index contributed by atoms with van der Waals surface area (Å²) >= 11 is 0. The van der Waals surface area contributed by atoms with Gasteiger partial charge in [-0.1, -0.05) is 24.3 Å². The van der Waals surface area contributed by atoms with Crippen molar-refractivity contribution < 1.29 is 29.0 Å². The lowest BCUT2D eigenvalue weighted by atomic mass is 9.82. The molecular formula is C29H20N2O6. The maximum Gasteiger partial charge on any atom is 0.261 e. The molecule has 0 spiro atoms. The molecule has 0 aromatic heterocycles. The maximum atomic E-state index is 13.4. The Morgan fingerprint density at radius 1 is 0.595 bits per heavy atom. The van der Waals surface area contributed by atoms with Gasteiger partial charge >= 0.3 is 0 Å². The van der Waals surface area contributed by atoms with E-state index in [-0.39, 0.29) is 50.0 Å². The van der Waals surface area contributed by atoms with E-state index in [1.807, 2.05) is 24.3 Å². The van der Waals surface area contributed by atoms with Crippen molar-refractivity contribution in [3.05, 3.63) is 70.8 Å². The van der Waals surface area contributed by atoms with Gasteiger partial charge in [0, 0.05) is 40.1 Å². The summed E-state index contributed by atoms with van der Waals surface area (Å²) in [7, 11) is 1.49. The molecule has 5 aromatic carbocycles. The predicted molar refractivity (Wildman–Crippen MR) is 137 cm³/mol. The number of hydrogen-bond donors (Lipinski definition) is 1. The van der Waals surface area contributed by atoms with E-state index in [0.29, 0.717) is 33.0 Å². The highest BCUT2D eigenvalue weighted by Gasteiger charge is 2.35. The molecule has 0 saturated carbocycles. The minimum Gasteiger partial charge on any atom is -0.394 e. The number of imide groups is 2. The summed E-state index contributed by atoms with van der Waals surface area (Å²) in [6.45, 7) is 0.231. The third-order valence-corrected chi connectivity index (χ3v) is 7.62. The number of amides is 4. The molecule has 0 aliphatic carbocycles. The van der Waals surface area contributed by atoms with Gasteiger partial charge in [0.2, 0.25) is 0 Å². The zero-order valence-electron chi connectivity index (χ0n) is 19.8. The molecule has 0 atom stereocenters. The minimum absolute atomic E-state index is 0.0896. The molecule has 37 heavy (non-hydrogen) atoms. The van der Waals surface area contributed by atoms with Crippen molar-refractivity contribution in [1.29, 1.82) is 0 Å². The van der Waals surface area contributed by atoms with Gasteiger partial charge in [0.05, 0.1) is 26.4 Å². The fourth-order valence-corrected chi connectivity index (χ4v) is 5.96. The second-order valence-electron chi connectivity index (χ2n) is 9.41. The van der Waals surface area contributed by atoms with Crippen LogP contribution in [0.4, 0.5) is 0 Å². The van der Waals surface area contributed by atoms with E-state index in [1.165, 1.54) is 11.9 Å². The fraction of sp³-hybridized carbons (Fsp3) is 0.172. The molecular weight excluding hydrogens is 472 g/mol. The average Bonchev–Trinajstić information content (AvgIpc) is 2.92. The first-order chi connectivity index (χ1) is 17.9. The zero-order chi connectivity index (χ0) is 25.6. The van der Waals surface area contributed by atoms with Gasteiger partial charge < -0.3 is 9.84 Å². The second-order valence-corrected chi connectivity index (χ2v) is 9.41. The van der Waals surface area contributed by atoms with E-state index in [1.54, 1.807) is 24.3 Å². The van der Waals surface area contributed by atoms with Crippen LogP contribution in [-0.2, 0) is 4.74 Å². The molecule has 8 nitrogen and oxygen atoms in total. The van der Waals surface area contributed by atoms with Crippen LogP contribution >= 0.6 is 0 Å². The van der Waals surface area contributed by atoms with Crippen LogP contribution in [0.15, 0.2) is 48.5 Å². The Labute approximate surface area is 209 Å². The molecule has 0 unspecified atom stereocenters. The molecule has 7 rings (SSSR count). The topological polar surface area (TPSA) is 104 Å². The number of rotatable bonds is 5. The first-order valence-electron chi connectivity index (χ1n) is 12.0. The van der Waals surface area contributed by atoms with Gasteiger partial charge in [0.25, 0.3) is 23.6 Å². The van der Waals surface area contributed by atoms with Crippen LogP contribution in [0.25, 0.3) is 43.1 Å². The van der Waals surface area contributed by atoms with Crippen molar-refractivity contribution in [3.8, 4) is 0 Å². The molecule has 8 heteroatoms.